The van der Waals surface area contributed by atoms with E-state index in [2.05, 4.69) is 23.9 Å². The highest BCUT2D eigenvalue weighted by atomic mass is 16.4. The second-order valence-electron chi connectivity index (χ2n) is 5.43. The molecule has 4 nitrogen and oxygen atoms in total. The number of nitrogens with zero attached hydrogens (tertiary/aromatic N) is 2. The topological polar surface area (TPSA) is 61.8 Å². The van der Waals surface area contributed by atoms with Gasteiger partial charge >= 0.3 is 0 Å². The van der Waals surface area contributed by atoms with Crippen LogP contribution < -0.4 is 5.73 Å². The number of nitrogens with two attached hydrogens (primary N) is 1. The molecule has 4 heteroatoms. The van der Waals surface area contributed by atoms with Crippen LogP contribution in [-0.2, 0) is 0 Å². The maximum Gasteiger partial charge on any atom is 0.143 e. The van der Waals surface area contributed by atoms with Crippen LogP contribution >= 0.6 is 0 Å². The predicted octanol–water partition coefficient (Wildman–Crippen LogP) is 2.27. The van der Waals surface area contributed by atoms with Gasteiger partial charge in [-0.05, 0) is 31.3 Å². The molecule has 1 rings (SSSR count). The third-order valence-corrected chi connectivity index (χ3v) is 4.57. The van der Waals surface area contributed by atoms with Gasteiger partial charge < -0.3 is 15.8 Å². The molecule has 100 valence electrons. The SMILES string of the molecule is CCC1(CC)CCN(CC(C)C(N)=NO)CC1. The number of amidine groups is 1. The number of likely N-dealkylation sites (tertiary alicyclic amines) is 1. The fourth-order valence-electron chi connectivity index (χ4n) is 2.75. The van der Waals surface area contributed by atoms with Gasteiger partial charge in [-0.1, -0.05) is 38.8 Å². The lowest BCUT2D eigenvalue weighted by atomic mass is 9.74. The number of oxime groups is 1. The molecule has 1 saturated heterocycles. The number of rotatable bonds is 5. The molecule has 1 aliphatic heterocycles. The Labute approximate surface area is 105 Å². The summed E-state index contributed by atoms with van der Waals surface area (Å²) >= 11 is 0. The van der Waals surface area contributed by atoms with Gasteiger partial charge in [0.2, 0.25) is 0 Å². The summed E-state index contributed by atoms with van der Waals surface area (Å²) in [6.45, 7) is 9.81. The zero-order valence-electron chi connectivity index (χ0n) is 11.4. The smallest absolute Gasteiger partial charge is 0.143 e. The summed E-state index contributed by atoms with van der Waals surface area (Å²) in [4.78, 5) is 2.44. The quantitative estimate of drug-likeness (QED) is 0.336. The fourth-order valence-corrected chi connectivity index (χ4v) is 2.75. The maximum atomic E-state index is 8.64. The van der Waals surface area contributed by atoms with E-state index in [9.17, 15) is 0 Å². The van der Waals surface area contributed by atoms with Crippen LogP contribution in [0.4, 0.5) is 0 Å². The first-order valence-corrected chi connectivity index (χ1v) is 6.76. The Balaban J connectivity index is 2.42. The van der Waals surface area contributed by atoms with Crippen molar-refractivity contribution in [1.82, 2.24) is 4.90 Å². The molecule has 1 fully saturated rings. The third-order valence-electron chi connectivity index (χ3n) is 4.57. The van der Waals surface area contributed by atoms with Crippen LogP contribution in [0.3, 0.4) is 0 Å². The molecule has 1 unspecified atom stereocenters. The van der Waals surface area contributed by atoms with Crippen molar-refractivity contribution in [2.24, 2.45) is 22.2 Å². The van der Waals surface area contributed by atoms with Crippen LogP contribution in [-0.4, -0.2) is 35.6 Å². The van der Waals surface area contributed by atoms with Gasteiger partial charge in [0, 0.05) is 12.5 Å². The van der Waals surface area contributed by atoms with Gasteiger partial charge in [-0.3, -0.25) is 0 Å². The van der Waals surface area contributed by atoms with E-state index >= 15 is 0 Å². The van der Waals surface area contributed by atoms with Crippen molar-refractivity contribution in [3.63, 3.8) is 0 Å². The van der Waals surface area contributed by atoms with Gasteiger partial charge in [0.05, 0.1) is 0 Å². The average molecular weight is 241 g/mol. The van der Waals surface area contributed by atoms with Crippen molar-refractivity contribution < 1.29 is 5.21 Å². The van der Waals surface area contributed by atoms with E-state index in [4.69, 9.17) is 10.9 Å². The highest BCUT2D eigenvalue weighted by Gasteiger charge is 2.31. The average Bonchev–Trinajstić information content (AvgIpc) is 2.39. The lowest BCUT2D eigenvalue weighted by Crippen LogP contribution is -2.43. The molecule has 0 aromatic heterocycles. The fraction of sp³-hybridized carbons (Fsp3) is 0.923. The molecule has 1 atom stereocenters. The van der Waals surface area contributed by atoms with Gasteiger partial charge in [-0.15, -0.1) is 0 Å². The van der Waals surface area contributed by atoms with Crippen LogP contribution in [0.15, 0.2) is 5.16 Å². The monoisotopic (exact) mass is 241 g/mol. The summed E-state index contributed by atoms with van der Waals surface area (Å²) in [5, 5.41) is 11.7. The van der Waals surface area contributed by atoms with E-state index < -0.39 is 0 Å². The van der Waals surface area contributed by atoms with Gasteiger partial charge in [0.15, 0.2) is 0 Å². The molecular formula is C13H27N3O. The van der Waals surface area contributed by atoms with Crippen molar-refractivity contribution in [2.75, 3.05) is 19.6 Å². The molecule has 3 N–H and O–H groups in total. The van der Waals surface area contributed by atoms with Crippen molar-refractivity contribution >= 4 is 5.84 Å². The first kappa shape index (κ1) is 14.3. The van der Waals surface area contributed by atoms with E-state index in [1.165, 1.54) is 25.7 Å². The van der Waals surface area contributed by atoms with Crippen LogP contribution in [0.5, 0.6) is 0 Å². The molecule has 1 aliphatic rings. The Morgan fingerprint density at radius 2 is 1.88 bits per heavy atom. The molecule has 0 saturated carbocycles. The van der Waals surface area contributed by atoms with E-state index in [1.807, 2.05) is 6.92 Å². The molecule has 17 heavy (non-hydrogen) atoms. The summed E-state index contributed by atoms with van der Waals surface area (Å²) in [6, 6.07) is 0. The van der Waals surface area contributed by atoms with E-state index in [0.29, 0.717) is 11.3 Å². The first-order valence-electron chi connectivity index (χ1n) is 6.76. The first-order chi connectivity index (χ1) is 8.06. The zero-order chi connectivity index (χ0) is 12.9. The highest BCUT2D eigenvalue weighted by Crippen LogP contribution is 2.37. The predicted molar refractivity (Wildman–Crippen MR) is 71.3 cm³/mol. The van der Waals surface area contributed by atoms with Crippen molar-refractivity contribution in [3.8, 4) is 0 Å². The molecule has 1 heterocycles. The second-order valence-corrected chi connectivity index (χ2v) is 5.43. The summed E-state index contributed by atoms with van der Waals surface area (Å²) in [6.07, 6.45) is 5.13. The molecule has 0 aliphatic carbocycles. The third kappa shape index (κ3) is 3.60. The minimum Gasteiger partial charge on any atom is -0.409 e. The van der Waals surface area contributed by atoms with Crippen LogP contribution in [0.2, 0.25) is 0 Å². The molecule has 0 bridgehead atoms. The van der Waals surface area contributed by atoms with Gasteiger partial charge in [-0.2, -0.15) is 0 Å². The Hall–Kier alpha value is -0.770. The molecule has 0 radical (unpaired) electrons. The van der Waals surface area contributed by atoms with E-state index in [1.54, 1.807) is 0 Å². The summed E-state index contributed by atoms with van der Waals surface area (Å²) in [5.41, 5.74) is 6.18. The molecule has 0 spiro atoms. The lowest BCUT2D eigenvalue weighted by Gasteiger charge is -2.41. The summed E-state index contributed by atoms with van der Waals surface area (Å²) < 4.78 is 0. The zero-order valence-corrected chi connectivity index (χ0v) is 11.4. The van der Waals surface area contributed by atoms with Crippen LogP contribution in [0.25, 0.3) is 0 Å². The molecule has 0 aromatic rings. The van der Waals surface area contributed by atoms with Gasteiger partial charge in [0.1, 0.15) is 5.84 Å². The molecule has 0 aromatic carbocycles. The summed E-state index contributed by atoms with van der Waals surface area (Å²) in [5.74, 6) is 0.476. The Bertz CT molecular complexity index is 251. The normalized spacial score (nSPS) is 23.6. The van der Waals surface area contributed by atoms with Gasteiger partial charge in [-0.25, -0.2) is 0 Å². The van der Waals surface area contributed by atoms with Crippen molar-refractivity contribution in [2.45, 2.75) is 46.5 Å². The summed E-state index contributed by atoms with van der Waals surface area (Å²) in [7, 11) is 0. The lowest BCUT2D eigenvalue weighted by molar-refractivity contribution is 0.0911. The van der Waals surface area contributed by atoms with Crippen LogP contribution in [0, 0.1) is 11.3 Å². The molecular weight excluding hydrogens is 214 g/mol. The van der Waals surface area contributed by atoms with Crippen molar-refractivity contribution in [1.29, 1.82) is 0 Å². The molecule has 0 amide bonds. The van der Waals surface area contributed by atoms with Crippen LogP contribution in [0.1, 0.15) is 46.5 Å². The van der Waals surface area contributed by atoms with E-state index in [0.717, 1.165) is 19.6 Å². The van der Waals surface area contributed by atoms with Gasteiger partial charge in [0.25, 0.3) is 0 Å². The number of hydrogen-bond acceptors (Lipinski definition) is 3. The van der Waals surface area contributed by atoms with E-state index in [-0.39, 0.29) is 5.92 Å². The Kier molecular flexibility index (Phi) is 5.25. The Morgan fingerprint density at radius 1 is 1.35 bits per heavy atom. The Morgan fingerprint density at radius 3 is 2.29 bits per heavy atom. The largest absolute Gasteiger partial charge is 0.409 e. The minimum atomic E-state index is 0.135. The number of hydrogen-bond donors (Lipinski definition) is 2. The highest BCUT2D eigenvalue weighted by molar-refractivity contribution is 5.82. The minimum absolute atomic E-state index is 0.135. The van der Waals surface area contributed by atoms with Crippen molar-refractivity contribution in [3.05, 3.63) is 0 Å². The maximum absolute atomic E-state index is 8.64. The number of piperidine rings is 1. The second kappa shape index (κ2) is 6.24. The standard InChI is InChI=1S/C13H27N3O/c1-4-13(5-2)6-8-16(9-7-13)10-11(3)12(14)15-17/h11,17H,4-10H2,1-3H3,(H2,14,15).